The smallest absolute Gasteiger partial charge is 0.344 e. The molecule has 2 rings (SSSR count). The molecular formula is C21H22N2O4. The molecule has 0 aromatic heterocycles. The fourth-order valence-corrected chi connectivity index (χ4v) is 2.36. The monoisotopic (exact) mass is 366 g/mol. The number of carbonyl (C=O) groups is 2. The van der Waals surface area contributed by atoms with E-state index in [1.807, 2.05) is 24.3 Å². The van der Waals surface area contributed by atoms with Gasteiger partial charge in [-0.15, -0.1) is 0 Å². The number of carbonyl (C=O) groups excluding carboxylic acids is 2. The summed E-state index contributed by atoms with van der Waals surface area (Å²) in [6, 6.07) is 18.1. The lowest BCUT2D eigenvalue weighted by Crippen LogP contribution is -2.35. The number of para-hydroxylation sites is 1. The number of hydrogen-bond donors (Lipinski definition) is 0. The molecule has 0 radical (unpaired) electrons. The lowest BCUT2D eigenvalue weighted by atomic mass is 10.0. The first kappa shape index (κ1) is 20.0. The third-order valence-corrected chi connectivity index (χ3v) is 3.86. The molecule has 0 saturated heterocycles. The Morgan fingerprint density at radius 1 is 1.04 bits per heavy atom. The van der Waals surface area contributed by atoms with E-state index in [0.717, 1.165) is 0 Å². The van der Waals surface area contributed by atoms with Crippen LogP contribution in [0, 0.1) is 11.3 Å². The Morgan fingerprint density at radius 3 is 2.30 bits per heavy atom. The second-order valence-corrected chi connectivity index (χ2v) is 6.15. The number of benzene rings is 2. The number of nitriles is 1. The molecule has 0 bridgehead atoms. The van der Waals surface area contributed by atoms with Crippen molar-refractivity contribution in [3.8, 4) is 11.8 Å². The molecule has 2 aromatic carbocycles. The second kappa shape index (κ2) is 9.97. The predicted octanol–water partition coefficient (Wildman–Crippen LogP) is 3.29. The predicted molar refractivity (Wildman–Crippen MR) is 101 cm³/mol. The zero-order valence-corrected chi connectivity index (χ0v) is 15.4. The van der Waals surface area contributed by atoms with Gasteiger partial charge in [0.05, 0.1) is 6.07 Å². The van der Waals surface area contributed by atoms with Crippen molar-refractivity contribution in [1.82, 2.24) is 0 Å². The van der Waals surface area contributed by atoms with E-state index >= 15 is 0 Å². The van der Waals surface area contributed by atoms with Crippen molar-refractivity contribution in [3.63, 3.8) is 0 Å². The third kappa shape index (κ3) is 6.15. The van der Waals surface area contributed by atoms with Crippen LogP contribution in [0.15, 0.2) is 54.6 Å². The molecule has 0 heterocycles. The summed E-state index contributed by atoms with van der Waals surface area (Å²) in [5, 5.41) is 8.92. The van der Waals surface area contributed by atoms with E-state index in [4.69, 9.17) is 14.7 Å². The number of amides is 1. The fourth-order valence-electron chi connectivity index (χ4n) is 2.36. The Morgan fingerprint density at radius 2 is 1.70 bits per heavy atom. The molecule has 0 unspecified atom stereocenters. The molecule has 6 heteroatoms. The summed E-state index contributed by atoms with van der Waals surface area (Å²) in [6.07, 6.45) is 0. The van der Waals surface area contributed by atoms with E-state index < -0.39 is 18.5 Å². The Hall–Kier alpha value is -3.33. The zero-order valence-electron chi connectivity index (χ0n) is 15.4. The molecule has 0 fully saturated rings. The number of esters is 1. The fraction of sp³-hybridized carbons (Fsp3) is 0.286. The summed E-state index contributed by atoms with van der Waals surface area (Å²) in [5.74, 6) is -0.160. The highest BCUT2D eigenvalue weighted by Crippen LogP contribution is 2.18. The topological polar surface area (TPSA) is 79.6 Å². The largest absolute Gasteiger partial charge is 0.482 e. The lowest BCUT2D eigenvalue weighted by Gasteiger charge is -2.19. The highest BCUT2D eigenvalue weighted by molar-refractivity contribution is 5.95. The molecule has 0 aliphatic rings. The Bertz CT molecular complexity index is 795. The van der Waals surface area contributed by atoms with Gasteiger partial charge in [0, 0.05) is 5.69 Å². The van der Waals surface area contributed by atoms with Gasteiger partial charge in [-0.2, -0.15) is 5.26 Å². The van der Waals surface area contributed by atoms with Crippen molar-refractivity contribution in [3.05, 3.63) is 60.2 Å². The van der Waals surface area contributed by atoms with Crippen LogP contribution in [0.5, 0.6) is 5.75 Å². The number of ether oxygens (including phenoxy) is 2. The molecule has 0 aliphatic heterocycles. The van der Waals surface area contributed by atoms with Crippen molar-refractivity contribution in [2.24, 2.45) is 0 Å². The van der Waals surface area contributed by atoms with Gasteiger partial charge in [-0.1, -0.05) is 44.2 Å². The van der Waals surface area contributed by atoms with Crippen LogP contribution in [0.2, 0.25) is 0 Å². The maximum absolute atomic E-state index is 12.3. The minimum Gasteiger partial charge on any atom is -0.482 e. The maximum Gasteiger partial charge on any atom is 0.344 e. The molecule has 0 N–H and O–H groups in total. The Kier molecular flexibility index (Phi) is 7.38. The molecule has 140 valence electrons. The van der Waals surface area contributed by atoms with Gasteiger partial charge in [0.25, 0.3) is 5.91 Å². The third-order valence-electron chi connectivity index (χ3n) is 3.86. The average molecular weight is 366 g/mol. The van der Waals surface area contributed by atoms with Crippen molar-refractivity contribution >= 4 is 17.6 Å². The molecule has 27 heavy (non-hydrogen) atoms. The Balaban J connectivity index is 1.83. The molecule has 6 nitrogen and oxygen atoms in total. The van der Waals surface area contributed by atoms with Crippen LogP contribution in [0.1, 0.15) is 25.3 Å². The molecular weight excluding hydrogens is 344 g/mol. The molecule has 0 atom stereocenters. The molecule has 1 amide bonds. The standard InChI is InChI=1S/C21H22N2O4/c1-16(2)17-8-10-19(11-9-17)26-15-21(25)27-14-20(24)23(13-12-22)18-6-4-3-5-7-18/h3-11,16H,13-15H2,1-2H3. The van der Waals surface area contributed by atoms with E-state index in [9.17, 15) is 9.59 Å². The first-order valence-electron chi connectivity index (χ1n) is 8.62. The summed E-state index contributed by atoms with van der Waals surface area (Å²) in [5.41, 5.74) is 1.75. The van der Waals surface area contributed by atoms with Gasteiger partial charge in [0.2, 0.25) is 0 Å². The number of anilines is 1. The first-order valence-corrected chi connectivity index (χ1v) is 8.62. The highest BCUT2D eigenvalue weighted by Gasteiger charge is 2.17. The molecule has 2 aromatic rings. The summed E-state index contributed by atoms with van der Waals surface area (Å²) in [6.45, 7) is 3.31. The van der Waals surface area contributed by atoms with E-state index in [0.29, 0.717) is 17.4 Å². The van der Waals surface area contributed by atoms with Gasteiger partial charge in [0.15, 0.2) is 13.2 Å². The minimum atomic E-state index is -0.652. The van der Waals surface area contributed by atoms with Crippen molar-refractivity contribution < 1.29 is 19.1 Å². The average Bonchev–Trinajstić information content (AvgIpc) is 2.69. The van der Waals surface area contributed by atoms with Crippen LogP contribution < -0.4 is 9.64 Å². The normalized spacial score (nSPS) is 10.1. The maximum atomic E-state index is 12.3. The SMILES string of the molecule is CC(C)c1ccc(OCC(=O)OCC(=O)N(CC#N)c2ccccc2)cc1. The summed E-state index contributed by atoms with van der Waals surface area (Å²) in [4.78, 5) is 25.4. The summed E-state index contributed by atoms with van der Waals surface area (Å²) >= 11 is 0. The number of nitrogens with zero attached hydrogens (tertiary/aromatic N) is 2. The molecule has 0 saturated carbocycles. The molecule has 0 spiro atoms. The number of hydrogen-bond acceptors (Lipinski definition) is 5. The van der Waals surface area contributed by atoms with E-state index in [1.54, 1.807) is 36.4 Å². The van der Waals surface area contributed by atoms with Crippen LogP contribution in [0.25, 0.3) is 0 Å². The van der Waals surface area contributed by atoms with Crippen LogP contribution in [-0.2, 0) is 14.3 Å². The van der Waals surface area contributed by atoms with E-state index in [1.165, 1.54) is 10.5 Å². The lowest BCUT2D eigenvalue weighted by molar-refractivity contribution is -0.149. The van der Waals surface area contributed by atoms with Gasteiger partial charge in [-0.05, 0) is 35.7 Å². The van der Waals surface area contributed by atoms with E-state index in [-0.39, 0.29) is 13.2 Å². The van der Waals surface area contributed by atoms with Gasteiger partial charge in [0.1, 0.15) is 12.3 Å². The van der Waals surface area contributed by atoms with Gasteiger partial charge in [-0.3, -0.25) is 9.69 Å². The Labute approximate surface area is 158 Å². The van der Waals surface area contributed by atoms with Crippen molar-refractivity contribution in [2.45, 2.75) is 19.8 Å². The second-order valence-electron chi connectivity index (χ2n) is 6.15. The van der Waals surface area contributed by atoms with Crippen LogP contribution in [0.4, 0.5) is 5.69 Å². The summed E-state index contributed by atoms with van der Waals surface area (Å²) < 4.78 is 10.3. The number of rotatable bonds is 8. The minimum absolute atomic E-state index is 0.126. The van der Waals surface area contributed by atoms with Gasteiger partial charge in [-0.25, -0.2) is 4.79 Å². The van der Waals surface area contributed by atoms with Crippen LogP contribution in [0.3, 0.4) is 0 Å². The summed E-state index contributed by atoms with van der Waals surface area (Å²) in [7, 11) is 0. The van der Waals surface area contributed by atoms with Crippen molar-refractivity contribution in [2.75, 3.05) is 24.7 Å². The van der Waals surface area contributed by atoms with E-state index in [2.05, 4.69) is 13.8 Å². The van der Waals surface area contributed by atoms with Crippen LogP contribution >= 0.6 is 0 Å². The van der Waals surface area contributed by atoms with Crippen LogP contribution in [-0.4, -0.2) is 31.6 Å². The highest BCUT2D eigenvalue weighted by atomic mass is 16.6. The van der Waals surface area contributed by atoms with Crippen molar-refractivity contribution in [1.29, 1.82) is 5.26 Å². The quantitative estimate of drug-likeness (QED) is 0.529. The first-order chi connectivity index (χ1) is 13.0. The molecule has 0 aliphatic carbocycles. The zero-order chi connectivity index (χ0) is 19.6. The van der Waals surface area contributed by atoms with Gasteiger partial charge >= 0.3 is 5.97 Å². The van der Waals surface area contributed by atoms with Gasteiger partial charge < -0.3 is 9.47 Å².